The topological polar surface area (TPSA) is 63.6 Å². The lowest BCUT2D eigenvalue weighted by atomic mass is 9.69. The molecule has 0 fully saturated rings. The largest absolute Gasteiger partial charge is 0.497 e. The van der Waals surface area contributed by atoms with Crippen LogP contribution in [0, 0.1) is 11.2 Å². The Morgan fingerprint density at radius 3 is 2.62 bits per heavy atom. The zero-order valence-corrected chi connectivity index (χ0v) is 18.0. The van der Waals surface area contributed by atoms with E-state index in [9.17, 15) is 17.9 Å². The number of halogens is 1. The Hall–Kier alpha value is -1.92. The lowest BCUT2D eigenvalue weighted by molar-refractivity contribution is 0.0173. The van der Waals surface area contributed by atoms with Crippen molar-refractivity contribution in [1.82, 2.24) is 0 Å². The van der Waals surface area contributed by atoms with Crippen molar-refractivity contribution in [1.29, 1.82) is 0 Å². The number of unbranched alkanes of at least 4 members (excludes halogenated alkanes) is 1. The number of sulfone groups is 1. The van der Waals surface area contributed by atoms with Gasteiger partial charge in [0.1, 0.15) is 11.6 Å². The summed E-state index contributed by atoms with van der Waals surface area (Å²) in [5.74, 6) is -0.714. The Balaban J connectivity index is 2.30. The van der Waals surface area contributed by atoms with Crippen LogP contribution in [0.4, 0.5) is 4.39 Å². The third-order valence-electron chi connectivity index (χ3n) is 6.25. The molecule has 0 aliphatic carbocycles. The van der Waals surface area contributed by atoms with Gasteiger partial charge in [-0.2, -0.15) is 0 Å². The van der Waals surface area contributed by atoms with E-state index < -0.39 is 33.1 Å². The Bertz CT molecular complexity index is 973. The van der Waals surface area contributed by atoms with Crippen LogP contribution in [-0.4, -0.2) is 32.5 Å². The average Bonchev–Trinajstić information content (AvgIpc) is 2.77. The molecule has 2 aromatic carbocycles. The van der Waals surface area contributed by atoms with Crippen molar-refractivity contribution in [3.8, 4) is 5.75 Å². The fourth-order valence-corrected chi connectivity index (χ4v) is 6.80. The summed E-state index contributed by atoms with van der Waals surface area (Å²) in [6.07, 6.45) is 1.86. The van der Waals surface area contributed by atoms with E-state index in [1.165, 1.54) is 18.2 Å². The number of fused-ring (bicyclic) bond motifs is 1. The molecule has 2 aromatic rings. The Morgan fingerprint density at radius 1 is 1.21 bits per heavy atom. The number of benzene rings is 2. The second-order valence-corrected chi connectivity index (χ2v) is 9.92. The Labute approximate surface area is 172 Å². The fourth-order valence-electron chi connectivity index (χ4n) is 4.54. The minimum absolute atomic E-state index is 0.109. The first kappa shape index (κ1) is 21.8. The van der Waals surface area contributed by atoms with Crippen molar-refractivity contribution in [2.45, 2.75) is 56.4 Å². The van der Waals surface area contributed by atoms with Crippen molar-refractivity contribution in [3.05, 3.63) is 59.4 Å². The van der Waals surface area contributed by atoms with Gasteiger partial charge in [-0.25, -0.2) is 12.8 Å². The Morgan fingerprint density at radius 2 is 1.97 bits per heavy atom. The molecule has 3 rings (SSSR count). The van der Waals surface area contributed by atoms with Gasteiger partial charge >= 0.3 is 0 Å². The summed E-state index contributed by atoms with van der Waals surface area (Å²) in [4.78, 5) is 0.109. The monoisotopic (exact) mass is 420 g/mol. The SMILES string of the molecule is CCCC[C@]1(CC)CS(=O)(=O)c2ccc(F)cc2[C@@H](c2cccc(OC)c2)[C@H]1O. The predicted molar refractivity (Wildman–Crippen MR) is 112 cm³/mol. The van der Waals surface area contributed by atoms with Gasteiger partial charge in [0.25, 0.3) is 0 Å². The van der Waals surface area contributed by atoms with Gasteiger partial charge in [-0.1, -0.05) is 38.8 Å². The summed E-state index contributed by atoms with van der Waals surface area (Å²) in [7, 11) is -2.14. The van der Waals surface area contributed by atoms with Crippen LogP contribution in [0.1, 0.15) is 56.6 Å². The van der Waals surface area contributed by atoms with Crippen LogP contribution in [0.15, 0.2) is 47.4 Å². The van der Waals surface area contributed by atoms with Crippen LogP contribution in [0.3, 0.4) is 0 Å². The van der Waals surface area contributed by atoms with Crippen LogP contribution in [-0.2, 0) is 9.84 Å². The zero-order valence-electron chi connectivity index (χ0n) is 17.2. The Kier molecular flexibility index (Phi) is 6.34. The van der Waals surface area contributed by atoms with Crippen molar-refractivity contribution in [2.24, 2.45) is 5.41 Å². The van der Waals surface area contributed by atoms with Gasteiger partial charge in [0.2, 0.25) is 0 Å². The standard InChI is InChI=1S/C23H29FO4S/c1-4-6-12-23(5-2)15-29(26,27)20-11-10-17(24)14-19(20)21(22(23)25)16-8-7-9-18(13-16)28-3/h7-11,13-14,21-22,25H,4-6,12,15H2,1-3H3/t21-,22-,23-/m1/s1. The molecule has 4 nitrogen and oxygen atoms in total. The summed E-state index contributed by atoms with van der Waals surface area (Å²) < 4.78 is 46.2. The highest BCUT2D eigenvalue weighted by atomic mass is 32.2. The van der Waals surface area contributed by atoms with Gasteiger partial charge in [0, 0.05) is 11.3 Å². The highest BCUT2D eigenvalue weighted by molar-refractivity contribution is 7.91. The van der Waals surface area contributed by atoms with E-state index in [2.05, 4.69) is 0 Å². The molecule has 1 heterocycles. The molecular formula is C23H29FO4S. The molecule has 0 spiro atoms. The minimum atomic E-state index is -3.69. The molecule has 0 amide bonds. The quantitative estimate of drug-likeness (QED) is 0.688. The first-order valence-corrected chi connectivity index (χ1v) is 11.8. The van der Waals surface area contributed by atoms with Crippen LogP contribution < -0.4 is 4.74 Å². The van der Waals surface area contributed by atoms with Gasteiger partial charge in [0.15, 0.2) is 9.84 Å². The molecule has 158 valence electrons. The number of hydrogen-bond donors (Lipinski definition) is 1. The number of hydrogen-bond acceptors (Lipinski definition) is 4. The first-order valence-electron chi connectivity index (χ1n) is 10.1. The molecule has 3 atom stereocenters. The van der Waals surface area contributed by atoms with Gasteiger partial charge in [0.05, 0.1) is 23.9 Å². The normalized spacial score (nSPS) is 25.8. The molecule has 0 aromatic heterocycles. The second-order valence-electron chi connectivity index (χ2n) is 7.96. The van der Waals surface area contributed by atoms with Gasteiger partial charge < -0.3 is 9.84 Å². The third kappa shape index (κ3) is 4.05. The van der Waals surface area contributed by atoms with E-state index in [0.717, 1.165) is 18.4 Å². The van der Waals surface area contributed by atoms with Gasteiger partial charge in [-0.3, -0.25) is 0 Å². The summed E-state index contributed by atoms with van der Waals surface area (Å²) in [6.45, 7) is 3.97. The van der Waals surface area contributed by atoms with E-state index >= 15 is 0 Å². The van der Waals surface area contributed by atoms with Crippen molar-refractivity contribution >= 4 is 9.84 Å². The van der Waals surface area contributed by atoms with E-state index in [0.29, 0.717) is 24.2 Å². The molecule has 1 aliphatic heterocycles. The van der Waals surface area contributed by atoms with Crippen molar-refractivity contribution < 1.29 is 22.7 Å². The highest BCUT2D eigenvalue weighted by Gasteiger charge is 2.49. The summed E-state index contributed by atoms with van der Waals surface area (Å²) in [6, 6.07) is 11.0. The maximum atomic E-state index is 14.2. The second kappa shape index (κ2) is 8.44. The number of methoxy groups -OCH3 is 1. The summed E-state index contributed by atoms with van der Waals surface area (Å²) in [5.41, 5.74) is 0.227. The predicted octanol–water partition coefficient (Wildman–Crippen LogP) is 4.70. The zero-order chi connectivity index (χ0) is 21.2. The lowest BCUT2D eigenvalue weighted by Crippen LogP contribution is -2.42. The molecule has 0 radical (unpaired) electrons. The third-order valence-corrected chi connectivity index (χ3v) is 8.24. The maximum Gasteiger partial charge on any atom is 0.179 e. The fraction of sp³-hybridized carbons (Fsp3) is 0.478. The first-order chi connectivity index (χ1) is 13.8. The average molecular weight is 421 g/mol. The minimum Gasteiger partial charge on any atom is -0.497 e. The summed E-state index contributed by atoms with van der Waals surface area (Å²) in [5, 5.41) is 11.6. The van der Waals surface area contributed by atoms with Crippen LogP contribution in [0.2, 0.25) is 0 Å². The van der Waals surface area contributed by atoms with E-state index in [4.69, 9.17) is 4.74 Å². The number of aliphatic hydroxyl groups is 1. The van der Waals surface area contributed by atoms with Gasteiger partial charge in [-0.05, 0) is 54.3 Å². The molecule has 0 saturated heterocycles. The number of rotatable bonds is 6. The van der Waals surface area contributed by atoms with E-state index in [1.807, 2.05) is 19.9 Å². The van der Waals surface area contributed by atoms with E-state index in [1.54, 1.807) is 25.3 Å². The van der Waals surface area contributed by atoms with Crippen molar-refractivity contribution in [3.63, 3.8) is 0 Å². The van der Waals surface area contributed by atoms with Crippen LogP contribution in [0.25, 0.3) is 0 Å². The summed E-state index contributed by atoms with van der Waals surface area (Å²) >= 11 is 0. The van der Waals surface area contributed by atoms with Crippen LogP contribution in [0.5, 0.6) is 5.75 Å². The van der Waals surface area contributed by atoms with Crippen molar-refractivity contribution in [2.75, 3.05) is 12.9 Å². The maximum absolute atomic E-state index is 14.2. The molecule has 1 N–H and O–H groups in total. The van der Waals surface area contributed by atoms with E-state index in [-0.39, 0.29) is 10.6 Å². The van der Waals surface area contributed by atoms with Crippen LogP contribution >= 0.6 is 0 Å². The molecule has 0 unspecified atom stereocenters. The molecular weight excluding hydrogens is 391 g/mol. The molecule has 1 aliphatic rings. The van der Waals surface area contributed by atoms with Gasteiger partial charge in [-0.15, -0.1) is 0 Å². The molecule has 0 bridgehead atoms. The molecule has 0 saturated carbocycles. The molecule has 6 heteroatoms. The number of ether oxygens (including phenoxy) is 1. The highest BCUT2D eigenvalue weighted by Crippen LogP contribution is 2.49. The smallest absolute Gasteiger partial charge is 0.179 e. The molecule has 29 heavy (non-hydrogen) atoms. The number of aliphatic hydroxyl groups excluding tert-OH is 1. The lowest BCUT2D eigenvalue weighted by Gasteiger charge is -2.39.